The van der Waals surface area contributed by atoms with Crippen LogP contribution in [0.25, 0.3) is 0 Å². The Morgan fingerprint density at radius 2 is 2.20 bits per heavy atom. The van der Waals surface area contributed by atoms with Crippen LogP contribution in [0.1, 0.15) is 30.9 Å². The highest BCUT2D eigenvalue weighted by Crippen LogP contribution is 2.50. The fourth-order valence-corrected chi connectivity index (χ4v) is 2.43. The van der Waals surface area contributed by atoms with E-state index in [1.807, 2.05) is 0 Å². The molecule has 15 heavy (non-hydrogen) atoms. The third-order valence-electron chi connectivity index (χ3n) is 3.67. The molecular weight excluding hydrogens is 188 g/mol. The molecule has 0 saturated heterocycles. The zero-order chi connectivity index (χ0) is 10.5. The maximum Gasteiger partial charge on any atom is 0.140 e. The summed E-state index contributed by atoms with van der Waals surface area (Å²) in [6, 6.07) is 6.28. The third kappa shape index (κ3) is 1.21. The maximum absolute atomic E-state index is 11.6. The van der Waals surface area contributed by atoms with Crippen molar-refractivity contribution in [2.24, 2.45) is 0 Å². The van der Waals surface area contributed by atoms with Crippen LogP contribution in [0.4, 0.5) is 0 Å². The zero-order valence-electron chi connectivity index (χ0n) is 8.88. The minimum Gasteiger partial charge on any atom is -0.493 e. The molecule has 1 heterocycles. The Bertz CT molecular complexity index is 430. The molecule has 0 spiro atoms. The van der Waals surface area contributed by atoms with Gasteiger partial charge in [-0.1, -0.05) is 12.1 Å². The lowest BCUT2D eigenvalue weighted by Gasteiger charge is -2.12. The number of carbonyl (C=O) groups is 1. The van der Waals surface area contributed by atoms with Crippen LogP contribution < -0.4 is 4.74 Å². The molecule has 3 rings (SSSR count). The van der Waals surface area contributed by atoms with Gasteiger partial charge < -0.3 is 4.74 Å². The minimum absolute atomic E-state index is 0.166. The molecule has 1 aromatic rings. The molecule has 1 aromatic carbocycles. The molecule has 0 bridgehead atoms. The molecule has 1 saturated carbocycles. The molecule has 0 N–H and O–H groups in total. The molecule has 2 heteroatoms. The minimum atomic E-state index is -0.166. The van der Waals surface area contributed by atoms with Gasteiger partial charge in [0.2, 0.25) is 0 Å². The number of benzene rings is 1. The molecule has 1 aliphatic heterocycles. The van der Waals surface area contributed by atoms with Crippen LogP contribution in [0, 0.1) is 0 Å². The van der Waals surface area contributed by atoms with Gasteiger partial charge in [0.05, 0.1) is 12.0 Å². The number of rotatable bonds is 2. The van der Waals surface area contributed by atoms with E-state index in [4.69, 9.17) is 4.74 Å². The molecule has 0 aromatic heterocycles. The van der Waals surface area contributed by atoms with Gasteiger partial charge in [-0.25, -0.2) is 0 Å². The first-order valence-electron chi connectivity index (χ1n) is 5.50. The molecule has 0 unspecified atom stereocenters. The van der Waals surface area contributed by atoms with E-state index in [0.29, 0.717) is 5.78 Å². The second-order valence-electron chi connectivity index (χ2n) is 4.56. The fraction of sp³-hybridized carbons (Fsp3) is 0.462. The smallest absolute Gasteiger partial charge is 0.140 e. The number of ketones is 1. The predicted octanol–water partition coefficient (Wildman–Crippen LogP) is 2.24. The molecular formula is C13H14O2. The number of Topliss-reactive ketones (excluding diaryl/α,β-unsaturated/α-hetero) is 1. The Kier molecular flexibility index (Phi) is 1.70. The molecule has 0 atom stereocenters. The van der Waals surface area contributed by atoms with E-state index in [-0.39, 0.29) is 5.41 Å². The van der Waals surface area contributed by atoms with Crippen molar-refractivity contribution in [2.75, 3.05) is 6.61 Å². The quantitative estimate of drug-likeness (QED) is 0.735. The van der Waals surface area contributed by atoms with Crippen LogP contribution in [0.2, 0.25) is 0 Å². The lowest BCUT2D eigenvalue weighted by atomic mass is 9.91. The van der Waals surface area contributed by atoms with Gasteiger partial charge in [0.25, 0.3) is 0 Å². The topological polar surface area (TPSA) is 26.3 Å². The van der Waals surface area contributed by atoms with E-state index in [9.17, 15) is 4.79 Å². The summed E-state index contributed by atoms with van der Waals surface area (Å²) in [5.41, 5.74) is 2.26. The van der Waals surface area contributed by atoms with Gasteiger partial charge >= 0.3 is 0 Å². The van der Waals surface area contributed by atoms with Gasteiger partial charge in [-0.05, 0) is 37.0 Å². The number of fused-ring (bicyclic) bond motifs is 1. The van der Waals surface area contributed by atoms with Crippen LogP contribution >= 0.6 is 0 Å². The largest absolute Gasteiger partial charge is 0.493 e. The van der Waals surface area contributed by atoms with E-state index in [2.05, 4.69) is 18.2 Å². The van der Waals surface area contributed by atoms with Crippen LogP contribution in [0.3, 0.4) is 0 Å². The lowest BCUT2D eigenvalue weighted by molar-refractivity contribution is -0.119. The van der Waals surface area contributed by atoms with Gasteiger partial charge in [0, 0.05) is 6.42 Å². The second kappa shape index (κ2) is 2.84. The van der Waals surface area contributed by atoms with E-state index in [0.717, 1.165) is 37.2 Å². The second-order valence-corrected chi connectivity index (χ2v) is 4.56. The number of carbonyl (C=O) groups excluding carboxylic acids is 1. The highest BCUT2D eigenvalue weighted by Gasteiger charge is 2.48. The van der Waals surface area contributed by atoms with E-state index >= 15 is 0 Å². The van der Waals surface area contributed by atoms with Gasteiger partial charge in [-0.2, -0.15) is 0 Å². The molecule has 1 aliphatic carbocycles. The first-order valence-corrected chi connectivity index (χ1v) is 5.50. The zero-order valence-corrected chi connectivity index (χ0v) is 8.88. The van der Waals surface area contributed by atoms with Crippen molar-refractivity contribution in [3.8, 4) is 5.75 Å². The summed E-state index contributed by atoms with van der Waals surface area (Å²) in [7, 11) is 0. The van der Waals surface area contributed by atoms with Crippen LogP contribution in [-0.2, 0) is 16.6 Å². The van der Waals surface area contributed by atoms with Gasteiger partial charge in [0.15, 0.2) is 0 Å². The third-order valence-corrected chi connectivity index (χ3v) is 3.67. The predicted molar refractivity (Wildman–Crippen MR) is 57.2 cm³/mol. The van der Waals surface area contributed by atoms with Crippen LogP contribution in [-0.4, -0.2) is 12.4 Å². The summed E-state index contributed by atoms with van der Waals surface area (Å²) in [6.45, 7) is 2.48. The molecule has 78 valence electrons. The van der Waals surface area contributed by atoms with Gasteiger partial charge in [-0.3, -0.25) is 4.79 Å². The Hall–Kier alpha value is -1.31. The van der Waals surface area contributed by atoms with Crippen LogP contribution in [0.5, 0.6) is 5.75 Å². The van der Waals surface area contributed by atoms with Crippen molar-refractivity contribution in [3.05, 3.63) is 29.3 Å². The van der Waals surface area contributed by atoms with E-state index in [1.165, 1.54) is 5.56 Å². The Morgan fingerprint density at radius 1 is 1.40 bits per heavy atom. The molecule has 2 aliphatic rings. The Labute approximate surface area is 89.2 Å². The summed E-state index contributed by atoms with van der Waals surface area (Å²) in [6.07, 6.45) is 3.00. The van der Waals surface area contributed by atoms with Crippen molar-refractivity contribution < 1.29 is 9.53 Å². The maximum atomic E-state index is 11.6. The Balaban J connectivity index is 2.03. The summed E-state index contributed by atoms with van der Waals surface area (Å²) in [5, 5.41) is 0. The molecule has 0 amide bonds. The molecule has 1 fully saturated rings. The van der Waals surface area contributed by atoms with Crippen molar-refractivity contribution >= 4 is 5.78 Å². The highest BCUT2D eigenvalue weighted by molar-refractivity contribution is 5.91. The standard InChI is InChI=1S/C13H14O2/c1-9(14)13(5-6-13)11-3-2-10-4-7-15-12(10)8-11/h2-3,8H,4-7H2,1H3. The summed E-state index contributed by atoms with van der Waals surface area (Å²) >= 11 is 0. The summed E-state index contributed by atoms with van der Waals surface area (Å²) in [5.74, 6) is 1.28. The monoisotopic (exact) mass is 202 g/mol. The van der Waals surface area contributed by atoms with Crippen molar-refractivity contribution in [1.82, 2.24) is 0 Å². The summed E-state index contributed by atoms with van der Waals surface area (Å²) in [4.78, 5) is 11.6. The van der Waals surface area contributed by atoms with Gasteiger partial charge in [0.1, 0.15) is 11.5 Å². The Morgan fingerprint density at radius 3 is 2.87 bits per heavy atom. The SMILES string of the molecule is CC(=O)C1(c2ccc3c(c2)OCC3)CC1. The summed E-state index contributed by atoms with van der Waals surface area (Å²) < 4.78 is 5.53. The van der Waals surface area contributed by atoms with Crippen molar-refractivity contribution in [1.29, 1.82) is 0 Å². The van der Waals surface area contributed by atoms with E-state index in [1.54, 1.807) is 6.92 Å². The van der Waals surface area contributed by atoms with Gasteiger partial charge in [-0.15, -0.1) is 0 Å². The van der Waals surface area contributed by atoms with Crippen molar-refractivity contribution in [3.63, 3.8) is 0 Å². The number of ether oxygens (including phenoxy) is 1. The highest BCUT2D eigenvalue weighted by atomic mass is 16.5. The van der Waals surface area contributed by atoms with Crippen LogP contribution in [0.15, 0.2) is 18.2 Å². The normalized spacial score (nSPS) is 20.6. The average molecular weight is 202 g/mol. The first-order chi connectivity index (χ1) is 7.22. The number of hydrogen-bond acceptors (Lipinski definition) is 2. The average Bonchev–Trinajstić information content (AvgIpc) is 2.91. The fourth-order valence-electron chi connectivity index (χ4n) is 2.43. The molecule has 0 radical (unpaired) electrons. The van der Waals surface area contributed by atoms with Crippen molar-refractivity contribution in [2.45, 2.75) is 31.6 Å². The first kappa shape index (κ1) is 8.96. The number of hydrogen-bond donors (Lipinski definition) is 0. The molecule has 2 nitrogen and oxygen atoms in total. The van der Waals surface area contributed by atoms with E-state index < -0.39 is 0 Å². The lowest BCUT2D eigenvalue weighted by Crippen LogP contribution is -2.16.